The highest BCUT2D eigenvalue weighted by Crippen LogP contribution is 2.52. The molecule has 21 heavy (non-hydrogen) atoms. The van der Waals surface area contributed by atoms with Gasteiger partial charge in [-0.2, -0.15) is 0 Å². The molecule has 0 amide bonds. The largest absolute Gasteiger partial charge is 0.390 e. The van der Waals surface area contributed by atoms with E-state index >= 15 is 0 Å². The molecule has 1 heteroatoms. The highest BCUT2D eigenvalue weighted by Gasteiger charge is 2.50. The Morgan fingerprint density at radius 2 is 1.43 bits per heavy atom. The zero-order valence-corrected chi connectivity index (χ0v) is 14.4. The second-order valence-corrected chi connectivity index (χ2v) is 7.88. The van der Waals surface area contributed by atoms with Crippen LogP contribution in [-0.4, -0.2) is 10.7 Å². The van der Waals surface area contributed by atoms with E-state index in [4.69, 9.17) is 0 Å². The van der Waals surface area contributed by atoms with Crippen molar-refractivity contribution in [2.24, 2.45) is 11.8 Å². The summed E-state index contributed by atoms with van der Waals surface area (Å²) in [6.07, 6.45) is 21.3. The van der Waals surface area contributed by atoms with Crippen LogP contribution < -0.4 is 0 Å². The van der Waals surface area contributed by atoms with Crippen LogP contribution in [0, 0.1) is 11.8 Å². The molecule has 1 nitrogen and oxygen atoms in total. The van der Waals surface area contributed by atoms with Crippen molar-refractivity contribution in [2.75, 3.05) is 0 Å². The summed E-state index contributed by atoms with van der Waals surface area (Å²) in [5.74, 6) is 1.51. The summed E-state index contributed by atoms with van der Waals surface area (Å²) in [5, 5.41) is 11.2. The van der Waals surface area contributed by atoms with Crippen molar-refractivity contribution in [3.05, 3.63) is 0 Å². The molecule has 0 heterocycles. The molecule has 1 N–H and O–H groups in total. The maximum Gasteiger partial charge on any atom is 0.0678 e. The van der Waals surface area contributed by atoms with E-state index in [-0.39, 0.29) is 5.60 Å². The molecule has 0 aromatic rings. The van der Waals surface area contributed by atoms with Crippen molar-refractivity contribution >= 4 is 0 Å². The van der Waals surface area contributed by atoms with Crippen LogP contribution >= 0.6 is 0 Å². The van der Waals surface area contributed by atoms with E-state index in [0.717, 1.165) is 18.8 Å². The SMILES string of the molecule is CCCC[C@@]1(O)CCCCCCCCCCCC[C@@H]2C[C@@H]21. The minimum atomic E-state index is -0.305. The second kappa shape index (κ2) is 9.18. The van der Waals surface area contributed by atoms with E-state index in [0.29, 0.717) is 5.92 Å². The lowest BCUT2D eigenvalue weighted by Crippen LogP contribution is -2.32. The Kier molecular flexibility index (Phi) is 7.57. The van der Waals surface area contributed by atoms with E-state index in [9.17, 15) is 5.11 Å². The van der Waals surface area contributed by atoms with Crippen molar-refractivity contribution < 1.29 is 5.11 Å². The maximum absolute atomic E-state index is 11.2. The third kappa shape index (κ3) is 5.93. The Morgan fingerprint density at radius 1 is 0.857 bits per heavy atom. The second-order valence-electron chi connectivity index (χ2n) is 7.88. The minimum absolute atomic E-state index is 0.305. The first-order chi connectivity index (χ1) is 10.3. The first-order valence-electron chi connectivity index (χ1n) is 9.98. The van der Waals surface area contributed by atoms with Crippen LogP contribution in [0.15, 0.2) is 0 Å². The van der Waals surface area contributed by atoms with Gasteiger partial charge in [0.25, 0.3) is 0 Å². The van der Waals surface area contributed by atoms with E-state index in [1.165, 1.54) is 89.9 Å². The predicted octanol–water partition coefficient (Wildman–Crippen LogP) is 6.24. The fraction of sp³-hybridized carbons (Fsp3) is 1.00. The van der Waals surface area contributed by atoms with E-state index in [2.05, 4.69) is 6.92 Å². The molecule has 0 aromatic carbocycles. The molecule has 124 valence electrons. The number of fused-ring (bicyclic) bond motifs is 1. The number of rotatable bonds is 3. The van der Waals surface area contributed by atoms with Gasteiger partial charge in [0.2, 0.25) is 0 Å². The van der Waals surface area contributed by atoms with Crippen LogP contribution in [0.1, 0.15) is 110 Å². The number of unbranched alkanes of at least 4 members (excludes halogenated alkanes) is 1. The minimum Gasteiger partial charge on any atom is -0.390 e. The molecular formula is C20H38O. The van der Waals surface area contributed by atoms with Gasteiger partial charge in [0.15, 0.2) is 0 Å². The number of hydrogen-bond acceptors (Lipinski definition) is 1. The zero-order chi connectivity index (χ0) is 15.0. The first kappa shape index (κ1) is 17.3. The molecule has 2 saturated carbocycles. The van der Waals surface area contributed by atoms with Crippen molar-refractivity contribution in [3.63, 3.8) is 0 Å². The lowest BCUT2D eigenvalue weighted by Gasteiger charge is -2.29. The summed E-state index contributed by atoms with van der Waals surface area (Å²) in [6, 6.07) is 0. The van der Waals surface area contributed by atoms with Gasteiger partial charge in [0, 0.05) is 0 Å². The molecule has 0 bridgehead atoms. The highest BCUT2D eigenvalue weighted by molar-refractivity contribution is 5.00. The van der Waals surface area contributed by atoms with Crippen LogP contribution in [0.4, 0.5) is 0 Å². The van der Waals surface area contributed by atoms with Gasteiger partial charge in [0.05, 0.1) is 5.60 Å². The van der Waals surface area contributed by atoms with E-state index in [1.807, 2.05) is 0 Å². The van der Waals surface area contributed by atoms with Crippen molar-refractivity contribution in [3.8, 4) is 0 Å². The third-order valence-electron chi connectivity index (χ3n) is 6.01. The lowest BCUT2D eigenvalue weighted by atomic mass is 9.84. The highest BCUT2D eigenvalue weighted by atomic mass is 16.3. The van der Waals surface area contributed by atoms with Crippen LogP contribution in [0.25, 0.3) is 0 Å². The Balaban J connectivity index is 1.83. The molecule has 0 saturated heterocycles. The third-order valence-corrected chi connectivity index (χ3v) is 6.01. The summed E-state index contributed by atoms with van der Waals surface area (Å²) >= 11 is 0. The zero-order valence-electron chi connectivity index (χ0n) is 14.4. The van der Waals surface area contributed by atoms with E-state index in [1.54, 1.807) is 0 Å². The summed E-state index contributed by atoms with van der Waals surface area (Å²) in [4.78, 5) is 0. The standard InChI is InChI=1S/C20H38O/c1-2-3-15-20(21)16-13-11-9-7-5-4-6-8-10-12-14-18-17-19(18)20/h18-19,21H,2-17H2,1H3/t18-,19+,20-/m1/s1. The van der Waals surface area contributed by atoms with Crippen molar-refractivity contribution in [1.29, 1.82) is 0 Å². The lowest BCUT2D eigenvalue weighted by molar-refractivity contribution is -0.00890. The summed E-state index contributed by atoms with van der Waals surface area (Å²) < 4.78 is 0. The van der Waals surface area contributed by atoms with Gasteiger partial charge in [-0.3, -0.25) is 0 Å². The maximum atomic E-state index is 11.2. The van der Waals surface area contributed by atoms with Gasteiger partial charge in [-0.15, -0.1) is 0 Å². The molecule has 2 aliphatic rings. The van der Waals surface area contributed by atoms with Gasteiger partial charge in [-0.1, -0.05) is 90.4 Å². The quantitative estimate of drug-likeness (QED) is 0.653. The number of hydrogen-bond donors (Lipinski definition) is 1. The molecule has 2 aliphatic carbocycles. The predicted molar refractivity (Wildman–Crippen MR) is 91.5 cm³/mol. The topological polar surface area (TPSA) is 20.2 Å². The molecule has 2 fully saturated rings. The van der Waals surface area contributed by atoms with Gasteiger partial charge in [-0.05, 0) is 31.1 Å². The number of aliphatic hydroxyl groups is 1. The molecule has 3 atom stereocenters. The van der Waals surface area contributed by atoms with Gasteiger partial charge < -0.3 is 5.11 Å². The van der Waals surface area contributed by atoms with Crippen LogP contribution in [0.2, 0.25) is 0 Å². The smallest absolute Gasteiger partial charge is 0.0678 e. The molecule has 0 aliphatic heterocycles. The summed E-state index contributed by atoms with van der Waals surface area (Å²) in [5.41, 5.74) is -0.305. The van der Waals surface area contributed by atoms with Crippen LogP contribution in [0.5, 0.6) is 0 Å². The van der Waals surface area contributed by atoms with Crippen molar-refractivity contribution in [1.82, 2.24) is 0 Å². The molecular weight excluding hydrogens is 256 g/mol. The first-order valence-corrected chi connectivity index (χ1v) is 9.98. The van der Waals surface area contributed by atoms with Crippen molar-refractivity contribution in [2.45, 2.75) is 115 Å². The fourth-order valence-corrected chi connectivity index (χ4v) is 4.46. The van der Waals surface area contributed by atoms with Gasteiger partial charge in [0.1, 0.15) is 0 Å². The molecule has 0 unspecified atom stereocenters. The average molecular weight is 295 g/mol. The normalized spacial score (nSPS) is 36.3. The Labute approximate surface area is 132 Å². The summed E-state index contributed by atoms with van der Waals surface area (Å²) in [6.45, 7) is 2.25. The monoisotopic (exact) mass is 294 g/mol. The van der Waals surface area contributed by atoms with Gasteiger partial charge in [-0.25, -0.2) is 0 Å². The molecule has 0 aromatic heterocycles. The fourth-order valence-electron chi connectivity index (χ4n) is 4.46. The Hall–Kier alpha value is -0.0400. The average Bonchev–Trinajstić information content (AvgIpc) is 3.26. The van der Waals surface area contributed by atoms with E-state index < -0.39 is 0 Å². The van der Waals surface area contributed by atoms with Gasteiger partial charge >= 0.3 is 0 Å². The molecule has 0 radical (unpaired) electrons. The summed E-state index contributed by atoms with van der Waals surface area (Å²) in [7, 11) is 0. The Morgan fingerprint density at radius 3 is 2.05 bits per heavy atom. The van der Waals surface area contributed by atoms with Crippen LogP contribution in [0.3, 0.4) is 0 Å². The van der Waals surface area contributed by atoms with Crippen LogP contribution in [-0.2, 0) is 0 Å². The molecule has 0 spiro atoms. The molecule has 2 rings (SSSR count). The Bertz CT molecular complexity index is 275.